The van der Waals surface area contributed by atoms with E-state index >= 15 is 0 Å². The molecule has 1 aromatic carbocycles. The fourth-order valence-corrected chi connectivity index (χ4v) is 4.40. The van der Waals surface area contributed by atoms with Crippen LogP contribution in [0.2, 0.25) is 5.02 Å². The highest BCUT2D eigenvalue weighted by molar-refractivity contribution is 6.31. The van der Waals surface area contributed by atoms with E-state index in [2.05, 4.69) is 41.7 Å². The summed E-state index contributed by atoms with van der Waals surface area (Å²) < 4.78 is 2.01. The van der Waals surface area contributed by atoms with E-state index in [0.717, 1.165) is 43.0 Å². The Morgan fingerprint density at radius 1 is 1.13 bits per heavy atom. The Morgan fingerprint density at radius 2 is 1.94 bits per heavy atom. The van der Waals surface area contributed by atoms with Gasteiger partial charge in [-0.05, 0) is 69.1 Å². The van der Waals surface area contributed by atoms with E-state index < -0.39 is 0 Å². The molecule has 4 heterocycles. The lowest BCUT2D eigenvalue weighted by Gasteiger charge is -2.25. The van der Waals surface area contributed by atoms with E-state index in [9.17, 15) is 4.79 Å². The summed E-state index contributed by atoms with van der Waals surface area (Å²) in [4.78, 5) is 25.3. The Kier molecular flexibility index (Phi) is 5.16. The molecule has 160 valence electrons. The topological polar surface area (TPSA) is 87.1 Å². The Hall–Kier alpha value is -2.90. The molecule has 0 aliphatic carbocycles. The molecule has 8 heteroatoms. The minimum atomic E-state index is -0.189. The van der Waals surface area contributed by atoms with Crippen molar-refractivity contribution >= 4 is 33.8 Å². The third-order valence-electron chi connectivity index (χ3n) is 5.98. The van der Waals surface area contributed by atoms with Crippen LogP contribution >= 0.6 is 11.6 Å². The fraction of sp³-hybridized carbons (Fsp3) is 0.348. The molecular formula is C23H25ClN6O. The van der Waals surface area contributed by atoms with Crippen molar-refractivity contribution < 1.29 is 0 Å². The van der Waals surface area contributed by atoms with Crippen LogP contribution in [0.5, 0.6) is 0 Å². The van der Waals surface area contributed by atoms with Crippen LogP contribution in [0, 0.1) is 13.8 Å². The van der Waals surface area contributed by atoms with Crippen molar-refractivity contribution in [2.75, 3.05) is 18.4 Å². The van der Waals surface area contributed by atoms with Crippen molar-refractivity contribution in [2.24, 2.45) is 0 Å². The number of benzene rings is 1. The molecule has 0 amide bonds. The summed E-state index contributed by atoms with van der Waals surface area (Å²) >= 11 is 6.31. The lowest BCUT2D eigenvalue weighted by molar-refractivity contribution is 0.479. The van der Waals surface area contributed by atoms with Crippen LogP contribution in [0.25, 0.3) is 16.6 Å². The van der Waals surface area contributed by atoms with E-state index in [4.69, 9.17) is 21.6 Å². The SMILES string of the molecule is Cc1cc2nc(Cc3nc4c(NC5CCNCC5)cc(Cl)cc4c(=O)[nH]3)cn2cc1C. The number of halogens is 1. The molecule has 3 N–H and O–H groups in total. The van der Waals surface area contributed by atoms with E-state index in [1.165, 1.54) is 11.1 Å². The molecule has 0 unspecified atom stereocenters. The number of hydrogen-bond acceptors (Lipinski definition) is 5. The number of pyridine rings is 1. The molecule has 4 aromatic rings. The van der Waals surface area contributed by atoms with Gasteiger partial charge in [-0.25, -0.2) is 9.97 Å². The van der Waals surface area contributed by atoms with Crippen LogP contribution in [0.4, 0.5) is 5.69 Å². The summed E-state index contributed by atoms with van der Waals surface area (Å²) in [7, 11) is 0. The number of anilines is 1. The fourth-order valence-electron chi connectivity index (χ4n) is 4.18. The summed E-state index contributed by atoms with van der Waals surface area (Å²) in [5.41, 5.74) is 5.42. The third-order valence-corrected chi connectivity index (χ3v) is 6.20. The first-order valence-electron chi connectivity index (χ1n) is 10.6. The zero-order chi connectivity index (χ0) is 21.5. The second kappa shape index (κ2) is 7.98. The highest BCUT2D eigenvalue weighted by Crippen LogP contribution is 2.27. The normalized spacial score (nSPS) is 15.1. The first-order chi connectivity index (χ1) is 15.0. The average molecular weight is 437 g/mol. The van der Waals surface area contributed by atoms with Gasteiger partial charge in [0.1, 0.15) is 17.0 Å². The van der Waals surface area contributed by atoms with Gasteiger partial charge in [-0.3, -0.25) is 4.79 Å². The van der Waals surface area contributed by atoms with Gasteiger partial charge in [-0.1, -0.05) is 11.6 Å². The predicted molar refractivity (Wildman–Crippen MR) is 124 cm³/mol. The number of hydrogen-bond donors (Lipinski definition) is 3. The quantitative estimate of drug-likeness (QED) is 0.455. The monoisotopic (exact) mass is 436 g/mol. The van der Waals surface area contributed by atoms with Crippen molar-refractivity contribution in [3.8, 4) is 0 Å². The maximum Gasteiger partial charge on any atom is 0.258 e. The Labute approximate surface area is 184 Å². The molecule has 1 fully saturated rings. The summed E-state index contributed by atoms with van der Waals surface area (Å²) in [6.07, 6.45) is 6.54. The number of aryl methyl sites for hydroxylation is 2. The largest absolute Gasteiger partial charge is 0.380 e. The second-order valence-corrected chi connectivity index (χ2v) is 8.78. The van der Waals surface area contributed by atoms with Gasteiger partial charge in [0.25, 0.3) is 5.56 Å². The van der Waals surface area contributed by atoms with Crippen molar-refractivity contribution in [3.63, 3.8) is 0 Å². The van der Waals surface area contributed by atoms with Gasteiger partial charge in [-0.15, -0.1) is 0 Å². The summed E-state index contributed by atoms with van der Waals surface area (Å²) in [6, 6.07) is 5.94. The molecule has 0 spiro atoms. The number of piperidine rings is 1. The first-order valence-corrected chi connectivity index (χ1v) is 11.0. The number of nitrogens with zero attached hydrogens (tertiary/aromatic N) is 3. The smallest absolute Gasteiger partial charge is 0.258 e. The molecule has 0 bridgehead atoms. The maximum absolute atomic E-state index is 12.8. The van der Waals surface area contributed by atoms with Crippen molar-refractivity contribution in [1.29, 1.82) is 0 Å². The maximum atomic E-state index is 12.8. The standard InChI is InChI=1S/C23H25ClN6O/c1-13-7-21-27-17(12-30(21)11-14(13)2)10-20-28-22-18(23(31)29-20)8-15(24)9-19(22)26-16-3-5-25-6-4-16/h7-9,11-12,16,25-26H,3-6,10H2,1-2H3,(H,28,29,31). The number of rotatable bonds is 4. The molecular weight excluding hydrogens is 412 g/mol. The zero-order valence-electron chi connectivity index (χ0n) is 17.6. The average Bonchev–Trinajstić information content (AvgIpc) is 3.11. The summed E-state index contributed by atoms with van der Waals surface area (Å²) in [6.45, 7) is 6.11. The molecule has 3 aromatic heterocycles. The van der Waals surface area contributed by atoms with Crippen LogP contribution in [0.3, 0.4) is 0 Å². The van der Waals surface area contributed by atoms with Gasteiger partial charge in [0.2, 0.25) is 0 Å². The minimum Gasteiger partial charge on any atom is -0.380 e. The molecule has 1 aliphatic rings. The number of aromatic nitrogens is 4. The number of fused-ring (bicyclic) bond motifs is 2. The number of aromatic amines is 1. The molecule has 0 atom stereocenters. The van der Waals surface area contributed by atoms with Crippen molar-refractivity contribution in [3.05, 3.63) is 68.6 Å². The van der Waals surface area contributed by atoms with E-state index in [0.29, 0.717) is 34.2 Å². The van der Waals surface area contributed by atoms with Crippen molar-refractivity contribution in [1.82, 2.24) is 24.7 Å². The van der Waals surface area contributed by atoms with Crippen LogP contribution < -0.4 is 16.2 Å². The zero-order valence-corrected chi connectivity index (χ0v) is 18.4. The van der Waals surface area contributed by atoms with Crippen LogP contribution in [0.15, 0.2) is 35.4 Å². The second-order valence-electron chi connectivity index (χ2n) is 8.34. The number of imidazole rings is 1. The van der Waals surface area contributed by atoms with Gasteiger partial charge in [0.05, 0.1) is 16.8 Å². The number of nitrogens with one attached hydrogen (secondary N) is 3. The van der Waals surface area contributed by atoms with Gasteiger partial charge in [0, 0.05) is 29.9 Å². The molecule has 7 nitrogen and oxygen atoms in total. The molecule has 1 aliphatic heterocycles. The van der Waals surface area contributed by atoms with Crippen LogP contribution in [0.1, 0.15) is 35.5 Å². The van der Waals surface area contributed by atoms with Crippen LogP contribution in [-0.2, 0) is 6.42 Å². The summed E-state index contributed by atoms with van der Waals surface area (Å²) in [5, 5.41) is 7.94. The Morgan fingerprint density at radius 3 is 2.74 bits per heavy atom. The molecule has 31 heavy (non-hydrogen) atoms. The third kappa shape index (κ3) is 4.03. The molecule has 0 radical (unpaired) electrons. The lowest BCUT2D eigenvalue weighted by Crippen LogP contribution is -2.35. The highest BCUT2D eigenvalue weighted by Gasteiger charge is 2.17. The van der Waals surface area contributed by atoms with E-state index in [-0.39, 0.29) is 5.56 Å². The molecule has 5 rings (SSSR count). The lowest BCUT2D eigenvalue weighted by atomic mass is 10.1. The van der Waals surface area contributed by atoms with E-state index in [1.54, 1.807) is 6.07 Å². The van der Waals surface area contributed by atoms with Gasteiger partial charge in [0.15, 0.2) is 0 Å². The van der Waals surface area contributed by atoms with Crippen LogP contribution in [-0.4, -0.2) is 38.5 Å². The molecule has 1 saturated heterocycles. The van der Waals surface area contributed by atoms with Gasteiger partial charge < -0.3 is 20.0 Å². The van der Waals surface area contributed by atoms with E-state index in [1.807, 2.05) is 16.7 Å². The first kappa shape index (κ1) is 20.0. The number of H-pyrrole nitrogens is 1. The molecule has 0 saturated carbocycles. The predicted octanol–water partition coefficient (Wildman–Crippen LogP) is 3.60. The van der Waals surface area contributed by atoms with Crippen molar-refractivity contribution in [2.45, 2.75) is 39.2 Å². The highest BCUT2D eigenvalue weighted by atomic mass is 35.5. The Bertz CT molecular complexity index is 1300. The Balaban J connectivity index is 1.52. The van der Waals surface area contributed by atoms with Gasteiger partial charge in [-0.2, -0.15) is 0 Å². The minimum absolute atomic E-state index is 0.189. The van der Waals surface area contributed by atoms with Gasteiger partial charge >= 0.3 is 0 Å². The summed E-state index contributed by atoms with van der Waals surface area (Å²) in [5.74, 6) is 0.588.